The molecule has 24 heavy (non-hydrogen) atoms. The maximum Gasteiger partial charge on any atom is 0.260 e. The zero-order valence-electron chi connectivity index (χ0n) is 13.0. The average Bonchev–Trinajstić information content (AvgIpc) is 3.13. The number of pyridine rings is 1. The summed E-state index contributed by atoms with van der Waals surface area (Å²) in [5.74, 6) is 0.830. The van der Waals surface area contributed by atoms with Crippen LogP contribution in [0.25, 0.3) is 32.4 Å². The molecule has 0 atom stereocenters. The highest BCUT2D eigenvalue weighted by molar-refractivity contribution is 7.22. The topological polar surface area (TPSA) is 77.8 Å². The number of hydrogen-bond acceptors (Lipinski definition) is 6. The number of aromatic nitrogens is 3. The minimum atomic E-state index is 0.400. The van der Waals surface area contributed by atoms with E-state index >= 15 is 0 Å². The normalized spacial score (nSPS) is 11.3. The lowest BCUT2D eigenvalue weighted by molar-refractivity contribution is 0.586. The Kier molecular flexibility index (Phi) is 3.51. The third kappa shape index (κ3) is 2.44. The van der Waals surface area contributed by atoms with Crippen LogP contribution in [0, 0.1) is 13.8 Å². The van der Waals surface area contributed by atoms with Crippen molar-refractivity contribution in [2.45, 2.75) is 13.8 Å². The smallest absolute Gasteiger partial charge is 0.260 e. The van der Waals surface area contributed by atoms with Crippen LogP contribution in [0.1, 0.15) is 11.3 Å². The molecule has 0 aliphatic carbocycles. The number of halogens is 1. The fourth-order valence-electron chi connectivity index (χ4n) is 2.65. The molecule has 3 aromatic heterocycles. The number of fused-ring (bicyclic) bond motifs is 1. The molecule has 4 rings (SSSR count). The summed E-state index contributed by atoms with van der Waals surface area (Å²) in [7, 11) is 0. The summed E-state index contributed by atoms with van der Waals surface area (Å²) < 4.78 is 5.81. The first-order chi connectivity index (χ1) is 11.5. The van der Waals surface area contributed by atoms with E-state index in [-0.39, 0.29) is 0 Å². The number of hydrogen-bond donors (Lipinski definition) is 1. The first-order valence-corrected chi connectivity index (χ1v) is 8.48. The van der Waals surface area contributed by atoms with Gasteiger partial charge in [-0.05, 0) is 49.7 Å². The molecule has 7 heteroatoms. The summed E-state index contributed by atoms with van der Waals surface area (Å²) in [6.45, 7) is 3.99. The first kappa shape index (κ1) is 15.1. The second-order valence-electron chi connectivity index (χ2n) is 5.52. The van der Waals surface area contributed by atoms with Gasteiger partial charge in [0.25, 0.3) is 5.89 Å². The van der Waals surface area contributed by atoms with Crippen molar-refractivity contribution in [2.75, 3.05) is 5.73 Å². The van der Waals surface area contributed by atoms with Crippen LogP contribution in [0.5, 0.6) is 0 Å². The number of benzene rings is 1. The average molecular weight is 357 g/mol. The molecule has 1 aromatic carbocycles. The van der Waals surface area contributed by atoms with Crippen LogP contribution < -0.4 is 5.73 Å². The molecule has 4 aromatic rings. The second-order valence-corrected chi connectivity index (χ2v) is 6.96. The molecular formula is C17H13ClN4OS. The van der Waals surface area contributed by atoms with E-state index in [0.717, 1.165) is 31.9 Å². The number of nitrogens with two attached hydrogens (primary N) is 1. The standard InChI is InChI=1S/C17H13ClN4OS/c1-8-7-9(2)20-17-12(8)13(19)14(24-17)16-22-21-15(23-16)10-3-5-11(18)6-4-10/h3-7H,19H2,1-2H3. The highest BCUT2D eigenvalue weighted by Crippen LogP contribution is 2.41. The first-order valence-electron chi connectivity index (χ1n) is 7.29. The quantitative estimate of drug-likeness (QED) is 0.554. The zero-order chi connectivity index (χ0) is 16.8. The van der Waals surface area contributed by atoms with Gasteiger partial charge in [0, 0.05) is 21.7 Å². The maximum atomic E-state index is 6.31. The lowest BCUT2D eigenvalue weighted by atomic mass is 10.1. The fraction of sp³-hybridized carbons (Fsp3) is 0.118. The summed E-state index contributed by atoms with van der Waals surface area (Å²) in [6, 6.07) is 9.25. The Bertz CT molecular complexity index is 1050. The number of aryl methyl sites for hydroxylation is 2. The van der Waals surface area contributed by atoms with Gasteiger partial charge < -0.3 is 10.2 Å². The second kappa shape index (κ2) is 5.58. The van der Waals surface area contributed by atoms with Gasteiger partial charge >= 0.3 is 0 Å². The van der Waals surface area contributed by atoms with Crippen molar-refractivity contribution in [2.24, 2.45) is 0 Å². The van der Waals surface area contributed by atoms with E-state index in [1.807, 2.05) is 32.0 Å². The lowest BCUT2D eigenvalue weighted by Crippen LogP contribution is -1.89. The molecule has 0 aliphatic rings. The van der Waals surface area contributed by atoms with Crippen LogP contribution in [-0.2, 0) is 0 Å². The van der Waals surface area contributed by atoms with E-state index in [1.165, 1.54) is 11.3 Å². The van der Waals surface area contributed by atoms with Crippen molar-refractivity contribution in [1.29, 1.82) is 0 Å². The Morgan fingerprint density at radius 3 is 2.54 bits per heavy atom. The molecule has 0 spiro atoms. The van der Waals surface area contributed by atoms with Crippen LogP contribution in [0.3, 0.4) is 0 Å². The number of anilines is 1. The monoisotopic (exact) mass is 356 g/mol. The Morgan fingerprint density at radius 2 is 1.79 bits per heavy atom. The van der Waals surface area contributed by atoms with E-state index in [0.29, 0.717) is 22.5 Å². The number of thiophene rings is 1. The van der Waals surface area contributed by atoms with Crippen molar-refractivity contribution < 1.29 is 4.42 Å². The Labute approximate surface area is 147 Å². The van der Waals surface area contributed by atoms with Gasteiger partial charge in [-0.15, -0.1) is 21.5 Å². The molecule has 0 saturated heterocycles. The third-order valence-electron chi connectivity index (χ3n) is 3.73. The molecule has 120 valence electrons. The number of rotatable bonds is 2. The maximum absolute atomic E-state index is 6.31. The zero-order valence-corrected chi connectivity index (χ0v) is 14.6. The third-order valence-corrected chi connectivity index (χ3v) is 5.07. The number of nitrogens with zero attached hydrogens (tertiary/aromatic N) is 3. The summed E-state index contributed by atoms with van der Waals surface area (Å²) in [4.78, 5) is 6.18. The molecule has 0 saturated carbocycles. The van der Waals surface area contributed by atoms with Crippen LogP contribution in [0.4, 0.5) is 5.69 Å². The van der Waals surface area contributed by atoms with E-state index in [1.54, 1.807) is 12.1 Å². The van der Waals surface area contributed by atoms with Gasteiger partial charge in [-0.25, -0.2) is 4.98 Å². The van der Waals surface area contributed by atoms with Gasteiger partial charge in [0.05, 0.1) is 5.69 Å². The summed E-state index contributed by atoms with van der Waals surface area (Å²) in [5, 5.41) is 9.87. The van der Waals surface area contributed by atoms with Crippen molar-refractivity contribution >= 4 is 38.8 Å². The fourth-order valence-corrected chi connectivity index (χ4v) is 3.92. The number of nitrogen functional groups attached to an aromatic ring is 1. The molecule has 0 aliphatic heterocycles. The highest BCUT2D eigenvalue weighted by atomic mass is 35.5. The van der Waals surface area contributed by atoms with Crippen molar-refractivity contribution in [3.63, 3.8) is 0 Å². The largest absolute Gasteiger partial charge is 0.415 e. The molecule has 0 bridgehead atoms. The van der Waals surface area contributed by atoms with E-state index in [4.69, 9.17) is 21.8 Å². The van der Waals surface area contributed by atoms with Crippen LogP contribution in [0.2, 0.25) is 5.02 Å². The van der Waals surface area contributed by atoms with Crippen molar-refractivity contribution in [3.8, 4) is 22.2 Å². The predicted octanol–water partition coefficient (Wildman–Crippen LogP) is 4.87. The van der Waals surface area contributed by atoms with Gasteiger partial charge in [-0.3, -0.25) is 0 Å². The van der Waals surface area contributed by atoms with E-state index in [9.17, 15) is 0 Å². The molecule has 0 radical (unpaired) electrons. The van der Waals surface area contributed by atoms with Gasteiger partial charge in [0.2, 0.25) is 5.89 Å². The molecule has 2 N–H and O–H groups in total. The SMILES string of the molecule is Cc1cc(C)c2c(N)c(-c3nnc(-c4ccc(Cl)cc4)o3)sc2n1. The molecular weight excluding hydrogens is 344 g/mol. The lowest BCUT2D eigenvalue weighted by Gasteiger charge is -1.99. The predicted molar refractivity (Wildman–Crippen MR) is 97.2 cm³/mol. The molecule has 0 unspecified atom stereocenters. The molecule has 3 heterocycles. The van der Waals surface area contributed by atoms with E-state index < -0.39 is 0 Å². The van der Waals surface area contributed by atoms with Crippen molar-refractivity contribution in [1.82, 2.24) is 15.2 Å². The Morgan fingerprint density at radius 1 is 1.08 bits per heavy atom. The molecule has 0 amide bonds. The summed E-state index contributed by atoms with van der Waals surface area (Å²) in [5.41, 5.74) is 9.81. The van der Waals surface area contributed by atoms with Gasteiger partial charge in [-0.2, -0.15) is 0 Å². The minimum Gasteiger partial charge on any atom is -0.415 e. The van der Waals surface area contributed by atoms with Crippen LogP contribution in [0.15, 0.2) is 34.7 Å². The Balaban J connectivity index is 1.82. The van der Waals surface area contributed by atoms with Gasteiger partial charge in [0.15, 0.2) is 0 Å². The van der Waals surface area contributed by atoms with E-state index in [2.05, 4.69) is 15.2 Å². The summed E-state index contributed by atoms with van der Waals surface area (Å²) in [6.07, 6.45) is 0. The van der Waals surface area contributed by atoms with Crippen LogP contribution >= 0.6 is 22.9 Å². The Hall–Kier alpha value is -2.44. The molecule has 0 fully saturated rings. The minimum absolute atomic E-state index is 0.400. The molecule has 5 nitrogen and oxygen atoms in total. The van der Waals surface area contributed by atoms with Crippen molar-refractivity contribution in [3.05, 3.63) is 46.6 Å². The summed E-state index contributed by atoms with van der Waals surface area (Å²) >= 11 is 7.37. The highest BCUT2D eigenvalue weighted by Gasteiger charge is 2.19. The van der Waals surface area contributed by atoms with Gasteiger partial charge in [-0.1, -0.05) is 11.6 Å². The van der Waals surface area contributed by atoms with Crippen LogP contribution in [-0.4, -0.2) is 15.2 Å². The van der Waals surface area contributed by atoms with Gasteiger partial charge in [0.1, 0.15) is 9.71 Å².